The number of fused-ring (bicyclic) bond motifs is 1. The number of carbonyl (C=O) groups is 1. The van der Waals surface area contributed by atoms with E-state index >= 15 is 0 Å². The van der Waals surface area contributed by atoms with E-state index in [0.717, 1.165) is 28.1 Å². The Morgan fingerprint density at radius 1 is 1.15 bits per heavy atom. The topological polar surface area (TPSA) is 56.1 Å². The lowest BCUT2D eigenvalue weighted by molar-refractivity contribution is -0.110. The molecule has 0 spiro atoms. The van der Waals surface area contributed by atoms with Crippen molar-refractivity contribution in [3.63, 3.8) is 0 Å². The zero-order chi connectivity index (χ0) is 17.9. The number of pyridine rings is 1. The summed E-state index contributed by atoms with van der Waals surface area (Å²) < 4.78 is 6.99. The summed E-state index contributed by atoms with van der Waals surface area (Å²) in [5.41, 5.74) is 3.81. The maximum absolute atomic E-state index is 12.5. The summed E-state index contributed by atoms with van der Waals surface area (Å²) in [6, 6.07) is 11.2. The molecule has 126 valence electrons. The minimum atomic E-state index is -0.147. The number of benzene rings is 1. The van der Waals surface area contributed by atoms with Crippen LogP contribution in [0.25, 0.3) is 11.8 Å². The molecule has 1 aromatic carbocycles. The molecule has 1 aliphatic heterocycles. The van der Waals surface area contributed by atoms with E-state index in [4.69, 9.17) is 4.74 Å². The predicted octanol–water partition coefficient (Wildman–Crippen LogP) is 3.24. The van der Waals surface area contributed by atoms with Gasteiger partial charge in [0.25, 0.3) is 5.91 Å². The van der Waals surface area contributed by atoms with Gasteiger partial charge in [0.15, 0.2) is 0 Å². The van der Waals surface area contributed by atoms with Gasteiger partial charge in [-0.3, -0.25) is 9.78 Å². The van der Waals surface area contributed by atoms with Crippen LogP contribution in [-0.2, 0) is 4.79 Å². The van der Waals surface area contributed by atoms with Gasteiger partial charge in [-0.2, -0.15) is 0 Å². The quantitative estimate of drug-likeness (QED) is 0.575. The van der Waals surface area contributed by atoms with Gasteiger partial charge in [0.2, 0.25) is 0 Å². The third-order valence-electron chi connectivity index (χ3n) is 4.05. The Morgan fingerprint density at radius 2 is 2.00 bits per heavy atom. The molecule has 1 N–H and O–H groups in total. The van der Waals surface area contributed by atoms with Crippen molar-refractivity contribution < 1.29 is 9.53 Å². The Bertz CT molecular complexity index is 1070. The zero-order valence-electron chi connectivity index (χ0n) is 14.1. The molecule has 3 aromatic rings. The summed E-state index contributed by atoms with van der Waals surface area (Å²) in [6.45, 7) is 0. The number of amides is 1. The highest BCUT2D eigenvalue weighted by molar-refractivity contribution is 6.34. The number of hydrogen-bond acceptors (Lipinski definition) is 3. The molecular weight excluding hydrogens is 326 g/mol. The Hall–Kier alpha value is -3.78. The van der Waals surface area contributed by atoms with Crippen molar-refractivity contribution in [1.82, 2.24) is 9.55 Å². The molecule has 3 heterocycles. The standard InChI is InChI=1S/C21H15N3O2/c1-26-17-9-12-24(13-17)14-18-20-16(3-2-4-19(20)23-21(18)25)6-5-15-7-10-22-11-8-15/h2-4,7-14H,1H3,(H,23,25). The second-order valence-electron chi connectivity index (χ2n) is 5.71. The predicted molar refractivity (Wildman–Crippen MR) is 100 cm³/mol. The molecule has 1 amide bonds. The van der Waals surface area contributed by atoms with Gasteiger partial charge < -0.3 is 14.6 Å². The number of rotatable bonds is 2. The summed E-state index contributed by atoms with van der Waals surface area (Å²) >= 11 is 0. The molecule has 5 nitrogen and oxygen atoms in total. The van der Waals surface area contributed by atoms with Crippen LogP contribution in [0.5, 0.6) is 5.75 Å². The number of methoxy groups -OCH3 is 1. The van der Waals surface area contributed by atoms with Crippen LogP contribution in [0.2, 0.25) is 0 Å². The van der Waals surface area contributed by atoms with E-state index < -0.39 is 0 Å². The first kappa shape index (κ1) is 15.7. The molecule has 0 saturated carbocycles. The van der Waals surface area contributed by atoms with Crippen molar-refractivity contribution in [1.29, 1.82) is 0 Å². The number of hydrogen-bond donors (Lipinski definition) is 1. The average molecular weight is 341 g/mol. The van der Waals surface area contributed by atoms with Gasteiger partial charge in [0.1, 0.15) is 5.75 Å². The van der Waals surface area contributed by atoms with Gasteiger partial charge in [-0.1, -0.05) is 17.9 Å². The Kier molecular flexibility index (Phi) is 4.00. The summed E-state index contributed by atoms with van der Waals surface area (Å²) in [5.74, 6) is 6.87. The first-order valence-electron chi connectivity index (χ1n) is 8.04. The van der Waals surface area contributed by atoms with E-state index in [2.05, 4.69) is 22.1 Å². The molecule has 26 heavy (non-hydrogen) atoms. The van der Waals surface area contributed by atoms with Crippen LogP contribution in [0.4, 0.5) is 5.69 Å². The SMILES string of the molecule is COc1ccn(C=C2C(=O)Nc3cccc(C#Cc4ccncc4)c32)c1. The number of anilines is 1. The number of carbonyl (C=O) groups excluding carboxylic acids is 1. The maximum atomic E-state index is 12.5. The fraction of sp³-hybridized carbons (Fsp3) is 0.0476. The first-order valence-corrected chi connectivity index (χ1v) is 8.04. The molecule has 5 heteroatoms. The minimum Gasteiger partial charge on any atom is -0.495 e. The lowest BCUT2D eigenvalue weighted by Crippen LogP contribution is -2.04. The lowest BCUT2D eigenvalue weighted by atomic mass is 10.0. The van der Waals surface area contributed by atoms with Crippen molar-refractivity contribution in [2.45, 2.75) is 0 Å². The minimum absolute atomic E-state index is 0.147. The molecule has 4 rings (SSSR count). The van der Waals surface area contributed by atoms with Crippen LogP contribution in [0.1, 0.15) is 16.7 Å². The van der Waals surface area contributed by atoms with E-state index in [-0.39, 0.29) is 5.91 Å². The van der Waals surface area contributed by atoms with Crippen molar-refractivity contribution in [3.05, 3.63) is 77.9 Å². The Balaban J connectivity index is 1.78. The normalized spacial score (nSPS) is 13.7. The molecule has 0 unspecified atom stereocenters. The van der Waals surface area contributed by atoms with Crippen molar-refractivity contribution in [2.24, 2.45) is 0 Å². The summed E-state index contributed by atoms with van der Waals surface area (Å²) in [5, 5.41) is 2.90. The van der Waals surface area contributed by atoms with Gasteiger partial charge in [-0.05, 0) is 30.3 Å². The summed E-state index contributed by atoms with van der Waals surface area (Å²) in [7, 11) is 1.61. The average Bonchev–Trinajstić information content (AvgIpc) is 3.26. The first-order chi connectivity index (χ1) is 12.7. The monoisotopic (exact) mass is 341 g/mol. The van der Waals surface area contributed by atoms with E-state index in [1.54, 1.807) is 30.3 Å². The lowest BCUT2D eigenvalue weighted by Gasteiger charge is -2.03. The molecular formula is C21H15N3O2. The van der Waals surface area contributed by atoms with Crippen LogP contribution < -0.4 is 10.1 Å². The Morgan fingerprint density at radius 3 is 2.77 bits per heavy atom. The molecule has 2 aromatic heterocycles. The van der Waals surface area contributed by atoms with Gasteiger partial charge in [-0.15, -0.1) is 0 Å². The molecule has 0 aliphatic carbocycles. The zero-order valence-corrected chi connectivity index (χ0v) is 14.1. The number of aromatic nitrogens is 2. The van der Waals surface area contributed by atoms with Crippen LogP contribution in [0, 0.1) is 11.8 Å². The van der Waals surface area contributed by atoms with Gasteiger partial charge in [-0.25, -0.2) is 0 Å². The van der Waals surface area contributed by atoms with Crippen molar-refractivity contribution in [2.75, 3.05) is 12.4 Å². The van der Waals surface area contributed by atoms with Crippen LogP contribution >= 0.6 is 0 Å². The highest BCUT2D eigenvalue weighted by Gasteiger charge is 2.26. The number of nitrogens with one attached hydrogen (secondary N) is 1. The van der Waals surface area contributed by atoms with E-state index in [1.165, 1.54) is 0 Å². The third-order valence-corrected chi connectivity index (χ3v) is 4.05. The smallest absolute Gasteiger partial charge is 0.257 e. The molecule has 0 atom stereocenters. The number of nitrogens with zero attached hydrogens (tertiary/aromatic N) is 2. The van der Waals surface area contributed by atoms with Crippen LogP contribution in [0.15, 0.2) is 61.2 Å². The van der Waals surface area contributed by atoms with E-state index in [1.807, 2.05) is 48.8 Å². The fourth-order valence-electron chi connectivity index (χ4n) is 2.79. The Labute approximate surface area is 151 Å². The van der Waals surface area contributed by atoms with Gasteiger partial charge >= 0.3 is 0 Å². The maximum Gasteiger partial charge on any atom is 0.257 e. The van der Waals surface area contributed by atoms with Gasteiger partial charge in [0, 0.05) is 41.5 Å². The second-order valence-corrected chi connectivity index (χ2v) is 5.71. The molecule has 1 aliphatic rings. The molecule has 0 bridgehead atoms. The summed E-state index contributed by atoms with van der Waals surface area (Å²) in [4.78, 5) is 16.4. The van der Waals surface area contributed by atoms with Gasteiger partial charge in [0.05, 0.1) is 24.6 Å². The highest BCUT2D eigenvalue weighted by Crippen LogP contribution is 2.35. The fourth-order valence-corrected chi connectivity index (χ4v) is 2.79. The number of ether oxygens (including phenoxy) is 1. The molecule has 0 saturated heterocycles. The summed E-state index contributed by atoms with van der Waals surface area (Å²) in [6.07, 6.45) is 8.83. The van der Waals surface area contributed by atoms with E-state index in [9.17, 15) is 4.79 Å². The largest absolute Gasteiger partial charge is 0.495 e. The van der Waals surface area contributed by atoms with E-state index in [0.29, 0.717) is 5.57 Å². The van der Waals surface area contributed by atoms with Crippen molar-refractivity contribution >= 4 is 23.4 Å². The highest BCUT2D eigenvalue weighted by atomic mass is 16.5. The van der Waals surface area contributed by atoms with Crippen LogP contribution in [0.3, 0.4) is 0 Å². The molecule has 0 radical (unpaired) electrons. The third kappa shape index (κ3) is 2.96. The van der Waals surface area contributed by atoms with Crippen LogP contribution in [-0.4, -0.2) is 22.6 Å². The van der Waals surface area contributed by atoms with Crippen molar-refractivity contribution in [3.8, 4) is 17.6 Å². The second kappa shape index (κ2) is 6.61. The molecule has 0 fully saturated rings.